The first-order valence-corrected chi connectivity index (χ1v) is 11.1. The summed E-state index contributed by atoms with van der Waals surface area (Å²) in [6.07, 6.45) is 2.23. The molecule has 2 aromatic rings. The van der Waals surface area contributed by atoms with Gasteiger partial charge in [0.2, 0.25) is 10.0 Å². The normalized spacial score (nSPS) is 14.4. The third-order valence-corrected chi connectivity index (χ3v) is 6.91. The van der Waals surface area contributed by atoms with E-state index in [1.807, 2.05) is 0 Å². The predicted molar refractivity (Wildman–Crippen MR) is 116 cm³/mol. The Balaban J connectivity index is 1.68. The molecule has 1 aliphatic heterocycles. The number of amides is 1. The molecule has 0 aliphatic carbocycles. The molecule has 1 aliphatic rings. The van der Waals surface area contributed by atoms with E-state index in [1.54, 1.807) is 30.3 Å². The lowest BCUT2D eigenvalue weighted by atomic mass is 10.0. The lowest BCUT2D eigenvalue weighted by Gasteiger charge is -2.38. The maximum atomic E-state index is 12.8. The zero-order valence-electron chi connectivity index (χ0n) is 17.8. The van der Waals surface area contributed by atoms with Crippen LogP contribution in [0.5, 0.6) is 17.2 Å². The van der Waals surface area contributed by atoms with Crippen molar-refractivity contribution in [1.29, 1.82) is 0 Å². The molecule has 0 atom stereocenters. The molecule has 0 aromatic heterocycles. The Kier molecular flexibility index (Phi) is 6.87. The highest BCUT2D eigenvalue weighted by Crippen LogP contribution is 2.33. The van der Waals surface area contributed by atoms with E-state index in [-0.39, 0.29) is 29.9 Å². The Labute approximate surface area is 182 Å². The standard InChI is InChI=1S/C22H26N2O6S/c1-5-6-15-11-16(12-20(29-3)21(15)30-4)22(25)23-17-13-24(14-17)31(26,27)19-9-7-18(28-2)8-10-19/h5,7-12,17H,1,6,13-14H2,2-4H3,(H,23,25). The molecule has 1 fully saturated rings. The number of carbonyl (C=O) groups excluding carboxylic acids is 1. The molecule has 0 saturated carbocycles. The summed E-state index contributed by atoms with van der Waals surface area (Å²) in [4.78, 5) is 12.9. The van der Waals surface area contributed by atoms with E-state index in [0.29, 0.717) is 29.2 Å². The van der Waals surface area contributed by atoms with Crippen molar-refractivity contribution >= 4 is 15.9 Å². The minimum absolute atomic E-state index is 0.187. The van der Waals surface area contributed by atoms with E-state index in [0.717, 1.165) is 5.56 Å². The fourth-order valence-corrected chi connectivity index (χ4v) is 4.90. The highest BCUT2D eigenvalue weighted by atomic mass is 32.2. The zero-order valence-corrected chi connectivity index (χ0v) is 18.6. The quantitative estimate of drug-likeness (QED) is 0.594. The van der Waals surface area contributed by atoms with Gasteiger partial charge in [-0.3, -0.25) is 4.79 Å². The highest BCUT2D eigenvalue weighted by Gasteiger charge is 2.37. The van der Waals surface area contributed by atoms with Gasteiger partial charge in [-0.05, 0) is 42.8 Å². The minimum atomic E-state index is -3.62. The molecule has 0 bridgehead atoms. The maximum Gasteiger partial charge on any atom is 0.251 e. The van der Waals surface area contributed by atoms with Crippen LogP contribution in [0.2, 0.25) is 0 Å². The van der Waals surface area contributed by atoms with Gasteiger partial charge in [0.15, 0.2) is 11.5 Å². The second-order valence-corrected chi connectivity index (χ2v) is 8.97. The first-order valence-electron chi connectivity index (χ1n) is 9.65. The van der Waals surface area contributed by atoms with Crippen molar-refractivity contribution in [3.8, 4) is 17.2 Å². The van der Waals surface area contributed by atoms with Gasteiger partial charge in [-0.25, -0.2) is 8.42 Å². The van der Waals surface area contributed by atoms with E-state index in [2.05, 4.69) is 11.9 Å². The Morgan fingerprint density at radius 2 is 1.81 bits per heavy atom. The number of sulfonamides is 1. The topological polar surface area (TPSA) is 94.2 Å². The van der Waals surface area contributed by atoms with Crippen molar-refractivity contribution in [2.24, 2.45) is 0 Å². The average molecular weight is 447 g/mol. The summed E-state index contributed by atoms with van der Waals surface area (Å²) >= 11 is 0. The Morgan fingerprint density at radius 1 is 1.13 bits per heavy atom. The van der Waals surface area contributed by atoms with Crippen LogP contribution in [0.4, 0.5) is 0 Å². The van der Waals surface area contributed by atoms with Crippen LogP contribution < -0.4 is 19.5 Å². The molecule has 1 amide bonds. The molecule has 166 valence electrons. The third-order valence-electron chi connectivity index (χ3n) is 5.06. The number of ether oxygens (including phenoxy) is 3. The summed E-state index contributed by atoms with van der Waals surface area (Å²) in [5.74, 6) is 1.28. The number of hydrogen-bond donors (Lipinski definition) is 1. The van der Waals surface area contributed by atoms with Crippen LogP contribution in [0.1, 0.15) is 15.9 Å². The molecule has 8 nitrogen and oxygen atoms in total. The van der Waals surface area contributed by atoms with Gasteiger partial charge in [0, 0.05) is 24.2 Å². The molecule has 31 heavy (non-hydrogen) atoms. The van der Waals surface area contributed by atoms with Crippen LogP contribution in [0.3, 0.4) is 0 Å². The Hall–Kier alpha value is -3.04. The van der Waals surface area contributed by atoms with Crippen molar-refractivity contribution in [2.75, 3.05) is 34.4 Å². The number of methoxy groups -OCH3 is 3. The number of allylic oxidation sites excluding steroid dienone is 1. The summed E-state index contributed by atoms with van der Waals surface area (Å²) in [5, 5.41) is 2.88. The fraction of sp³-hybridized carbons (Fsp3) is 0.318. The SMILES string of the molecule is C=CCc1cc(C(=O)NC2CN(S(=O)(=O)c3ccc(OC)cc3)C2)cc(OC)c1OC. The van der Waals surface area contributed by atoms with E-state index < -0.39 is 10.0 Å². The second-order valence-electron chi connectivity index (χ2n) is 7.03. The smallest absolute Gasteiger partial charge is 0.251 e. The van der Waals surface area contributed by atoms with E-state index in [4.69, 9.17) is 14.2 Å². The van der Waals surface area contributed by atoms with Crippen LogP contribution >= 0.6 is 0 Å². The summed E-state index contributed by atoms with van der Waals surface area (Å²) in [5.41, 5.74) is 1.19. The largest absolute Gasteiger partial charge is 0.497 e. The van der Waals surface area contributed by atoms with Crippen molar-refractivity contribution in [3.63, 3.8) is 0 Å². The molecule has 0 spiro atoms. The van der Waals surface area contributed by atoms with E-state index in [1.165, 1.54) is 37.8 Å². The van der Waals surface area contributed by atoms with Gasteiger partial charge < -0.3 is 19.5 Å². The lowest BCUT2D eigenvalue weighted by Crippen LogP contribution is -2.60. The maximum absolute atomic E-state index is 12.8. The molecule has 1 heterocycles. The van der Waals surface area contributed by atoms with Crippen LogP contribution in [0, 0.1) is 0 Å². The van der Waals surface area contributed by atoms with Crippen molar-refractivity contribution in [2.45, 2.75) is 17.4 Å². The van der Waals surface area contributed by atoms with Crippen LogP contribution in [-0.4, -0.2) is 59.1 Å². The van der Waals surface area contributed by atoms with Gasteiger partial charge in [0.1, 0.15) is 5.75 Å². The fourth-order valence-electron chi connectivity index (χ4n) is 3.37. The van der Waals surface area contributed by atoms with Crippen molar-refractivity contribution < 1.29 is 27.4 Å². The molecule has 0 unspecified atom stereocenters. The summed E-state index contributed by atoms with van der Waals surface area (Å²) in [6, 6.07) is 9.26. The van der Waals surface area contributed by atoms with Gasteiger partial charge in [0.05, 0.1) is 32.3 Å². The van der Waals surface area contributed by atoms with Crippen LogP contribution in [-0.2, 0) is 16.4 Å². The average Bonchev–Trinajstić information content (AvgIpc) is 2.75. The number of benzene rings is 2. The predicted octanol–water partition coefficient (Wildman–Crippen LogP) is 2.24. The molecular weight excluding hydrogens is 420 g/mol. The number of rotatable bonds is 9. The van der Waals surface area contributed by atoms with Crippen molar-refractivity contribution in [1.82, 2.24) is 9.62 Å². The number of carbonyl (C=O) groups is 1. The Bertz CT molecular complexity index is 1060. The van der Waals surface area contributed by atoms with Gasteiger partial charge in [-0.1, -0.05) is 6.08 Å². The van der Waals surface area contributed by atoms with Crippen molar-refractivity contribution in [3.05, 3.63) is 60.2 Å². The third kappa shape index (κ3) is 4.67. The van der Waals surface area contributed by atoms with Gasteiger partial charge >= 0.3 is 0 Å². The molecule has 1 saturated heterocycles. The molecule has 0 radical (unpaired) electrons. The number of nitrogens with one attached hydrogen (secondary N) is 1. The second kappa shape index (κ2) is 9.40. The molecule has 1 N–H and O–H groups in total. The van der Waals surface area contributed by atoms with E-state index >= 15 is 0 Å². The highest BCUT2D eigenvalue weighted by molar-refractivity contribution is 7.89. The van der Waals surface area contributed by atoms with Gasteiger partial charge in [-0.15, -0.1) is 6.58 Å². The van der Waals surface area contributed by atoms with Crippen LogP contribution in [0.25, 0.3) is 0 Å². The minimum Gasteiger partial charge on any atom is -0.497 e. The summed E-state index contributed by atoms with van der Waals surface area (Å²) in [6.45, 7) is 4.13. The summed E-state index contributed by atoms with van der Waals surface area (Å²) in [7, 11) is 0.946. The van der Waals surface area contributed by atoms with Gasteiger partial charge in [-0.2, -0.15) is 4.31 Å². The number of hydrogen-bond acceptors (Lipinski definition) is 6. The first-order chi connectivity index (χ1) is 14.8. The monoisotopic (exact) mass is 446 g/mol. The first kappa shape index (κ1) is 22.6. The summed E-state index contributed by atoms with van der Waals surface area (Å²) < 4.78 is 42.6. The van der Waals surface area contributed by atoms with Gasteiger partial charge in [0.25, 0.3) is 5.91 Å². The molecular formula is C22H26N2O6S. The van der Waals surface area contributed by atoms with E-state index in [9.17, 15) is 13.2 Å². The molecule has 2 aromatic carbocycles. The molecule has 9 heteroatoms. The van der Waals surface area contributed by atoms with Crippen LogP contribution in [0.15, 0.2) is 53.9 Å². The number of nitrogens with zero attached hydrogens (tertiary/aromatic N) is 1. The Morgan fingerprint density at radius 3 is 2.35 bits per heavy atom. The lowest BCUT2D eigenvalue weighted by molar-refractivity contribution is 0.0895. The zero-order chi connectivity index (χ0) is 22.6. The molecule has 3 rings (SSSR count).